The van der Waals surface area contributed by atoms with Gasteiger partial charge in [0.1, 0.15) is 18.3 Å². The van der Waals surface area contributed by atoms with Crippen molar-refractivity contribution in [2.24, 2.45) is 17.3 Å². The molecule has 1 aliphatic carbocycles. The maximum Gasteiger partial charge on any atom is 0.333 e. The van der Waals surface area contributed by atoms with Crippen LogP contribution in [0.5, 0.6) is 0 Å². The highest BCUT2D eigenvalue weighted by molar-refractivity contribution is 5.95. The van der Waals surface area contributed by atoms with Gasteiger partial charge in [0.05, 0.1) is 29.4 Å². The Morgan fingerprint density at radius 2 is 1.46 bits per heavy atom. The van der Waals surface area contributed by atoms with E-state index in [1.807, 2.05) is 20.2 Å². The third kappa shape index (κ3) is 5.44. The molecular weight excluding hydrogens is 592 g/mol. The van der Waals surface area contributed by atoms with Gasteiger partial charge >= 0.3 is 23.9 Å². The van der Waals surface area contributed by atoms with Crippen molar-refractivity contribution in [2.75, 3.05) is 14.1 Å². The van der Waals surface area contributed by atoms with Crippen molar-refractivity contribution < 1.29 is 43.6 Å². The summed E-state index contributed by atoms with van der Waals surface area (Å²) in [6.45, 7) is 5.03. The summed E-state index contributed by atoms with van der Waals surface area (Å²) in [7, 11) is 3.94. The van der Waals surface area contributed by atoms with E-state index in [4.69, 9.17) is 14.2 Å². The van der Waals surface area contributed by atoms with Gasteiger partial charge in [-0.05, 0) is 53.3 Å². The summed E-state index contributed by atoms with van der Waals surface area (Å²) in [5.74, 6) is -5.92. The van der Waals surface area contributed by atoms with Crippen molar-refractivity contribution in [3.05, 3.63) is 47.5 Å². The number of aliphatic hydroxyl groups is 1. The fourth-order valence-electron chi connectivity index (χ4n) is 9.10. The number of carboxylic acid groups (broad SMARTS) is 1. The average molecular weight is 639 g/mol. The quantitative estimate of drug-likeness (QED) is 0.247. The minimum absolute atomic E-state index is 0.0451. The molecule has 250 valence electrons. The second kappa shape index (κ2) is 12.4. The molecule has 0 aromatic heterocycles. The lowest BCUT2D eigenvalue weighted by Crippen LogP contribution is -2.65. The maximum atomic E-state index is 14.2. The van der Waals surface area contributed by atoms with Crippen LogP contribution in [0.1, 0.15) is 70.8 Å². The van der Waals surface area contributed by atoms with E-state index in [0.717, 1.165) is 0 Å². The monoisotopic (exact) mass is 638 g/mol. The van der Waals surface area contributed by atoms with Crippen molar-refractivity contribution in [1.29, 1.82) is 0 Å². The average Bonchev–Trinajstić information content (AvgIpc) is 3.27. The highest BCUT2D eigenvalue weighted by Gasteiger charge is 2.71. The molecule has 1 saturated carbocycles. The van der Waals surface area contributed by atoms with Gasteiger partial charge in [-0.1, -0.05) is 36.4 Å². The summed E-state index contributed by atoms with van der Waals surface area (Å²) in [4.78, 5) is 58.0. The summed E-state index contributed by atoms with van der Waals surface area (Å²) < 4.78 is 18.1. The Kier molecular flexibility index (Phi) is 8.80. The van der Waals surface area contributed by atoms with Gasteiger partial charge in [-0.15, -0.1) is 0 Å². The van der Waals surface area contributed by atoms with E-state index >= 15 is 0 Å². The SMILES string of the molecule is C/C=C(\C)C(=O)O[C@@H]1CC2C[C@@H](OC(=O)[C@H]3[C@@H](c4ccccc4)[C@H](C(=O)O)[C@]3(C)C(=O)O[C@@H]3CC4C[C@@H](O)CC3N4C)CC1N2C. The van der Waals surface area contributed by atoms with Crippen LogP contribution in [0.15, 0.2) is 42.0 Å². The second-order valence-corrected chi connectivity index (χ2v) is 14.3. The van der Waals surface area contributed by atoms with Crippen LogP contribution in [0.3, 0.4) is 0 Å². The molecule has 4 aliphatic heterocycles. The lowest BCUT2D eigenvalue weighted by Gasteiger charge is -2.55. The topological polar surface area (TPSA) is 143 Å². The second-order valence-electron chi connectivity index (χ2n) is 14.3. The lowest BCUT2D eigenvalue weighted by atomic mass is 9.45. The Morgan fingerprint density at radius 3 is 2.09 bits per heavy atom. The molecule has 1 aromatic carbocycles. The molecule has 4 heterocycles. The van der Waals surface area contributed by atoms with Crippen molar-refractivity contribution in [2.45, 2.75) is 114 Å². The van der Waals surface area contributed by atoms with Gasteiger partial charge in [-0.3, -0.25) is 24.2 Å². The number of piperidine rings is 2. The first-order valence-corrected chi connectivity index (χ1v) is 16.5. The van der Waals surface area contributed by atoms with Crippen LogP contribution in [0.4, 0.5) is 0 Å². The zero-order valence-corrected chi connectivity index (χ0v) is 27.2. The number of benzene rings is 1. The van der Waals surface area contributed by atoms with Gasteiger partial charge in [-0.25, -0.2) is 4.79 Å². The number of aliphatic hydroxyl groups excluding tert-OH is 1. The Morgan fingerprint density at radius 1 is 0.848 bits per heavy atom. The van der Waals surface area contributed by atoms with E-state index in [2.05, 4.69) is 9.80 Å². The van der Waals surface area contributed by atoms with Crippen molar-refractivity contribution in [3.8, 4) is 0 Å². The number of hydrogen-bond acceptors (Lipinski definition) is 10. The molecule has 4 saturated heterocycles. The van der Waals surface area contributed by atoms with Crippen LogP contribution < -0.4 is 0 Å². The third-order valence-corrected chi connectivity index (χ3v) is 11.9. The van der Waals surface area contributed by atoms with Crippen LogP contribution in [-0.2, 0) is 33.4 Å². The Hall–Kier alpha value is -3.28. The van der Waals surface area contributed by atoms with E-state index in [0.29, 0.717) is 49.7 Å². The predicted molar refractivity (Wildman–Crippen MR) is 165 cm³/mol. The van der Waals surface area contributed by atoms with Crippen LogP contribution in [0.2, 0.25) is 0 Å². The lowest BCUT2D eigenvalue weighted by molar-refractivity contribution is -0.207. The number of carbonyl (C=O) groups excluding carboxylic acids is 3. The molecule has 0 radical (unpaired) electrons. The van der Waals surface area contributed by atoms with Gasteiger partial charge < -0.3 is 24.4 Å². The first-order valence-electron chi connectivity index (χ1n) is 16.5. The Balaban J connectivity index is 1.23. The molecule has 6 rings (SSSR count). The van der Waals surface area contributed by atoms with Crippen molar-refractivity contribution >= 4 is 23.9 Å². The number of rotatable bonds is 8. The standard InChI is InChI=1S/C35H46N2O9/c1-6-18(2)32(41)45-26-15-21-13-23(17-25(26)37(21)5)44-33(42)30-28(19-10-8-7-9-11-19)29(31(39)40)35(30,3)34(43)46-27-14-20-12-22(38)16-24(27)36(20)4/h6-11,20-30,38H,12-17H2,1-5H3,(H,39,40)/b18-6+/t20?,21?,22-,23-,24?,25?,26-,27-,28+,29-,30-,35+/m1/s1. The zero-order valence-electron chi connectivity index (χ0n) is 27.2. The van der Waals surface area contributed by atoms with Crippen LogP contribution >= 0.6 is 0 Å². The van der Waals surface area contributed by atoms with Crippen LogP contribution in [0.25, 0.3) is 0 Å². The summed E-state index contributed by atoms with van der Waals surface area (Å²) in [6.07, 6.45) is 3.15. The molecular formula is C35H46N2O9. The number of carboxylic acids is 1. The van der Waals surface area contributed by atoms with Gasteiger partial charge in [0.2, 0.25) is 0 Å². The summed E-state index contributed by atoms with van der Waals surface area (Å²) >= 11 is 0. The van der Waals surface area contributed by atoms with E-state index in [1.54, 1.807) is 44.2 Å². The summed E-state index contributed by atoms with van der Waals surface area (Å²) in [6, 6.07) is 8.76. The van der Waals surface area contributed by atoms with Gasteiger partial charge in [0, 0.05) is 55.3 Å². The van der Waals surface area contributed by atoms with E-state index in [1.165, 1.54) is 6.92 Å². The third-order valence-electron chi connectivity index (χ3n) is 11.9. The van der Waals surface area contributed by atoms with Crippen LogP contribution in [0, 0.1) is 17.3 Å². The number of nitrogens with zero attached hydrogens (tertiary/aromatic N) is 2. The number of fused-ring (bicyclic) bond motifs is 4. The molecule has 4 bridgehead atoms. The maximum absolute atomic E-state index is 14.2. The molecule has 2 N–H and O–H groups in total. The van der Waals surface area contributed by atoms with Crippen LogP contribution in [-0.4, -0.2) is 107 Å². The number of aliphatic carboxylic acids is 1. The molecule has 0 amide bonds. The minimum atomic E-state index is -1.66. The fraction of sp³-hybridized carbons (Fsp3) is 0.657. The molecule has 11 heteroatoms. The number of ether oxygens (including phenoxy) is 3. The highest BCUT2D eigenvalue weighted by Crippen LogP contribution is 2.62. The molecule has 0 spiro atoms. The molecule has 12 atom stereocenters. The van der Waals surface area contributed by atoms with Crippen molar-refractivity contribution in [3.63, 3.8) is 0 Å². The first kappa shape index (κ1) is 32.7. The van der Waals surface area contributed by atoms with E-state index in [-0.39, 0.29) is 36.2 Å². The van der Waals surface area contributed by atoms with Gasteiger partial charge in [0.25, 0.3) is 0 Å². The van der Waals surface area contributed by atoms with Gasteiger partial charge in [-0.2, -0.15) is 0 Å². The first-order chi connectivity index (χ1) is 21.8. The number of allylic oxidation sites excluding steroid dienone is 1. The minimum Gasteiger partial charge on any atom is -0.481 e. The normalized spacial score (nSPS) is 40.6. The molecule has 5 fully saturated rings. The highest BCUT2D eigenvalue weighted by atomic mass is 16.6. The van der Waals surface area contributed by atoms with Gasteiger partial charge in [0.15, 0.2) is 0 Å². The number of carbonyl (C=O) groups is 4. The number of likely N-dealkylation sites (N-methyl/N-ethyl adjacent to an activating group) is 2. The summed E-state index contributed by atoms with van der Waals surface area (Å²) in [5.41, 5.74) is -0.479. The molecule has 46 heavy (non-hydrogen) atoms. The number of esters is 3. The Bertz CT molecular complexity index is 1400. The zero-order chi connectivity index (χ0) is 33.1. The molecule has 11 nitrogen and oxygen atoms in total. The predicted octanol–water partition coefficient (Wildman–Crippen LogP) is 2.90. The largest absolute Gasteiger partial charge is 0.481 e. The molecule has 1 aromatic rings. The molecule has 5 aliphatic rings. The van der Waals surface area contributed by atoms with Crippen molar-refractivity contribution in [1.82, 2.24) is 9.80 Å². The Labute approximate surface area is 269 Å². The number of hydrogen-bond donors (Lipinski definition) is 2. The van der Waals surface area contributed by atoms with E-state index in [9.17, 15) is 29.4 Å². The summed E-state index contributed by atoms with van der Waals surface area (Å²) in [5, 5.41) is 20.8. The molecule has 4 unspecified atom stereocenters. The fourth-order valence-corrected chi connectivity index (χ4v) is 9.10. The van der Waals surface area contributed by atoms with E-state index < -0.39 is 59.4 Å². The smallest absolute Gasteiger partial charge is 0.333 e.